The Hall–Kier alpha value is -1.84. The van der Waals surface area contributed by atoms with Gasteiger partial charge < -0.3 is 10.6 Å². The molecule has 3 nitrogen and oxygen atoms in total. The second-order valence-corrected chi connectivity index (χ2v) is 5.33. The maximum atomic E-state index is 11.8. The highest BCUT2D eigenvalue weighted by Gasteiger charge is 2.06. The van der Waals surface area contributed by atoms with Gasteiger partial charge in [0.25, 0.3) is 0 Å². The van der Waals surface area contributed by atoms with Gasteiger partial charge in [0.2, 0.25) is 5.91 Å². The van der Waals surface area contributed by atoms with Gasteiger partial charge >= 0.3 is 0 Å². The van der Waals surface area contributed by atoms with Crippen molar-refractivity contribution in [2.45, 2.75) is 19.4 Å². The third-order valence-electron chi connectivity index (χ3n) is 3.23. The first-order valence-electron chi connectivity index (χ1n) is 6.99. The van der Waals surface area contributed by atoms with E-state index in [2.05, 4.69) is 29.7 Å². The highest BCUT2D eigenvalue weighted by Crippen LogP contribution is 2.14. The number of anilines is 1. The topological polar surface area (TPSA) is 41.1 Å². The van der Waals surface area contributed by atoms with Crippen molar-refractivity contribution >= 4 is 23.2 Å². The molecule has 4 heteroatoms. The number of benzene rings is 2. The minimum Gasteiger partial charge on any atom is -0.326 e. The summed E-state index contributed by atoms with van der Waals surface area (Å²) in [4.78, 5) is 11.8. The van der Waals surface area contributed by atoms with Gasteiger partial charge in [0, 0.05) is 29.7 Å². The summed E-state index contributed by atoms with van der Waals surface area (Å²) >= 11 is 5.80. The Balaban J connectivity index is 1.73. The zero-order valence-corrected chi connectivity index (χ0v) is 12.7. The summed E-state index contributed by atoms with van der Waals surface area (Å²) in [6.07, 6.45) is 0.430. The quantitative estimate of drug-likeness (QED) is 0.846. The van der Waals surface area contributed by atoms with E-state index in [1.165, 1.54) is 5.56 Å². The van der Waals surface area contributed by atoms with E-state index >= 15 is 0 Å². The fourth-order valence-corrected chi connectivity index (χ4v) is 2.14. The number of carbonyl (C=O) groups is 1. The van der Waals surface area contributed by atoms with Gasteiger partial charge in [-0.15, -0.1) is 0 Å². The first-order chi connectivity index (χ1) is 10.1. The van der Waals surface area contributed by atoms with Crippen molar-refractivity contribution in [3.63, 3.8) is 0 Å². The predicted molar refractivity (Wildman–Crippen MR) is 87.6 cm³/mol. The van der Waals surface area contributed by atoms with Gasteiger partial charge in [-0.3, -0.25) is 4.79 Å². The lowest BCUT2D eigenvalue weighted by Gasteiger charge is -2.14. The number of nitrogens with one attached hydrogen (secondary N) is 2. The largest absolute Gasteiger partial charge is 0.326 e. The second kappa shape index (κ2) is 7.81. The third-order valence-corrected chi connectivity index (χ3v) is 3.48. The molecule has 2 aromatic rings. The van der Waals surface area contributed by atoms with Gasteiger partial charge in [0.05, 0.1) is 0 Å². The highest BCUT2D eigenvalue weighted by atomic mass is 35.5. The molecule has 0 aliphatic carbocycles. The van der Waals surface area contributed by atoms with Gasteiger partial charge in [-0.2, -0.15) is 0 Å². The minimum atomic E-state index is -0.00918. The van der Waals surface area contributed by atoms with Crippen LogP contribution in [0, 0.1) is 0 Å². The SMILES string of the molecule is CC(NCCC(=O)Nc1ccc(Cl)cc1)c1ccccc1. The molecule has 0 aromatic heterocycles. The van der Waals surface area contributed by atoms with Crippen LogP contribution < -0.4 is 10.6 Å². The number of amides is 1. The number of hydrogen-bond donors (Lipinski definition) is 2. The summed E-state index contributed by atoms with van der Waals surface area (Å²) < 4.78 is 0. The van der Waals surface area contributed by atoms with Crippen LogP contribution in [-0.4, -0.2) is 12.5 Å². The number of hydrogen-bond acceptors (Lipinski definition) is 2. The molecule has 0 bridgehead atoms. The van der Waals surface area contributed by atoms with Crippen LogP contribution in [0.4, 0.5) is 5.69 Å². The second-order valence-electron chi connectivity index (χ2n) is 4.89. The van der Waals surface area contributed by atoms with Crippen LogP contribution in [0.3, 0.4) is 0 Å². The van der Waals surface area contributed by atoms with Crippen molar-refractivity contribution in [3.05, 3.63) is 65.2 Å². The molecule has 1 atom stereocenters. The third kappa shape index (κ3) is 5.21. The van der Waals surface area contributed by atoms with E-state index in [0.717, 1.165) is 5.69 Å². The van der Waals surface area contributed by atoms with Crippen molar-refractivity contribution in [1.29, 1.82) is 0 Å². The maximum absolute atomic E-state index is 11.8. The van der Waals surface area contributed by atoms with Crippen molar-refractivity contribution in [1.82, 2.24) is 5.32 Å². The molecular weight excluding hydrogens is 284 g/mol. The fraction of sp³-hybridized carbons (Fsp3) is 0.235. The molecule has 0 aliphatic heterocycles. The van der Waals surface area contributed by atoms with E-state index in [-0.39, 0.29) is 11.9 Å². The molecule has 2 N–H and O–H groups in total. The Morgan fingerprint density at radius 2 is 1.76 bits per heavy atom. The predicted octanol–water partition coefficient (Wildman–Crippen LogP) is 4.02. The average molecular weight is 303 g/mol. The zero-order chi connectivity index (χ0) is 15.1. The lowest BCUT2D eigenvalue weighted by Crippen LogP contribution is -2.24. The average Bonchev–Trinajstić information content (AvgIpc) is 2.50. The van der Waals surface area contributed by atoms with Gasteiger partial charge in [-0.25, -0.2) is 0 Å². The molecule has 0 radical (unpaired) electrons. The molecule has 0 fully saturated rings. The minimum absolute atomic E-state index is 0.00918. The summed E-state index contributed by atoms with van der Waals surface area (Å²) in [5.41, 5.74) is 1.98. The van der Waals surface area contributed by atoms with E-state index in [9.17, 15) is 4.79 Å². The van der Waals surface area contributed by atoms with Crippen LogP contribution in [0.15, 0.2) is 54.6 Å². The monoisotopic (exact) mass is 302 g/mol. The zero-order valence-electron chi connectivity index (χ0n) is 12.0. The Morgan fingerprint density at radius 1 is 1.10 bits per heavy atom. The van der Waals surface area contributed by atoms with E-state index in [4.69, 9.17) is 11.6 Å². The molecule has 2 rings (SSSR count). The van der Waals surface area contributed by atoms with Crippen LogP contribution in [0.25, 0.3) is 0 Å². The molecule has 2 aromatic carbocycles. The van der Waals surface area contributed by atoms with Crippen molar-refractivity contribution in [3.8, 4) is 0 Å². The van der Waals surface area contributed by atoms with Gasteiger partial charge in [0.15, 0.2) is 0 Å². The van der Waals surface area contributed by atoms with Gasteiger partial charge in [-0.05, 0) is 36.8 Å². The Kier molecular flexibility index (Phi) is 5.78. The molecule has 0 saturated carbocycles. The van der Waals surface area contributed by atoms with E-state index in [0.29, 0.717) is 18.0 Å². The Bertz CT molecular complexity index is 569. The highest BCUT2D eigenvalue weighted by molar-refractivity contribution is 6.30. The van der Waals surface area contributed by atoms with E-state index in [1.807, 2.05) is 18.2 Å². The summed E-state index contributed by atoms with van der Waals surface area (Å²) in [5.74, 6) is -0.00918. The summed E-state index contributed by atoms with van der Waals surface area (Å²) in [6, 6.07) is 17.5. The maximum Gasteiger partial charge on any atom is 0.225 e. The lowest BCUT2D eigenvalue weighted by atomic mass is 10.1. The van der Waals surface area contributed by atoms with Gasteiger partial charge in [-0.1, -0.05) is 41.9 Å². The van der Waals surface area contributed by atoms with Crippen molar-refractivity contribution < 1.29 is 4.79 Å². The summed E-state index contributed by atoms with van der Waals surface area (Å²) in [6.45, 7) is 2.72. The molecular formula is C17H19ClN2O. The van der Waals surface area contributed by atoms with E-state index < -0.39 is 0 Å². The fourth-order valence-electron chi connectivity index (χ4n) is 2.02. The van der Waals surface area contributed by atoms with Crippen LogP contribution >= 0.6 is 11.6 Å². The smallest absolute Gasteiger partial charge is 0.225 e. The van der Waals surface area contributed by atoms with Crippen LogP contribution in [0.1, 0.15) is 24.9 Å². The first-order valence-corrected chi connectivity index (χ1v) is 7.36. The lowest BCUT2D eigenvalue weighted by molar-refractivity contribution is -0.116. The van der Waals surface area contributed by atoms with Crippen LogP contribution in [-0.2, 0) is 4.79 Å². The molecule has 0 spiro atoms. The number of rotatable bonds is 6. The van der Waals surface area contributed by atoms with Crippen LogP contribution in [0.5, 0.6) is 0 Å². The summed E-state index contributed by atoms with van der Waals surface area (Å²) in [5, 5.41) is 6.85. The molecule has 0 saturated heterocycles. The van der Waals surface area contributed by atoms with E-state index in [1.54, 1.807) is 24.3 Å². The normalized spacial score (nSPS) is 11.9. The molecule has 110 valence electrons. The first kappa shape index (κ1) is 15.5. The van der Waals surface area contributed by atoms with Crippen molar-refractivity contribution in [2.75, 3.05) is 11.9 Å². The molecule has 1 amide bonds. The molecule has 21 heavy (non-hydrogen) atoms. The molecule has 1 unspecified atom stereocenters. The Labute approximate surface area is 130 Å². The molecule has 0 heterocycles. The standard InChI is InChI=1S/C17H19ClN2O/c1-13(14-5-3-2-4-6-14)19-12-11-17(21)20-16-9-7-15(18)8-10-16/h2-10,13,19H,11-12H2,1H3,(H,20,21). The van der Waals surface area contributed by atoms with Gasteiger partial charge in [0.1, 0.15) is 0 Å². The number of carbonyl (C=O) groups excluding carboxylic acids is 1. The van der Waals surface area contributed by atoms with Crippen molar-refractivity contribution in [2.24, 2.45) is 0 Å². The summed E-state index contributed by atoms with van der Waals surface area (Å²) in [7, 11) is 0. The number of halogens is 1. The molecule has 0 aliphatic rings. The Morgan fingerprint density at radius 3 is 2.43 bits per heavy atom. The van der Waals surface area contributed by atoms with Crippen LogP contribution in [0.2, 0.25) is 5.02 Å².